The molecule has 26 heavy (non-hydrogen) atoms. The molecule has 0 spiro atoms. The Labute approximate surface area is 156 Å². The van der Waals surface area contributed by atoms with Crippen LogP contribution in [0.3, 0.4) is 0 Å². The fourth-order valence-corrected chi connectivity index (χ4v) is 3.58. The van der Waals surface area contributed by atoms with E-state index in [1.54, 1.807) is 29.7 Å². The fraction of sp³-hybridized carbons (Fsp3) is 0.368. The number of benzene rings is 1. The number of halogens is 1. The fourth-order valence-electron chi connectivity index (χ4n) is 3.45. The van der Waals surface area contributed by atoms with Gasteiger partial charge in [-0.3, -0.25) is 14.8 Å². The highest BCUT2D eigenvalue weighted by molar-refractivity contribution is 6.30. The normalized spacial score (nSPS) is 16.1. The third-order valence-corrected chi connectivity index (χ3v) is 5.02. The molecule has 1 aliphatic carbocycles. The van der Waals surface area contributed by atoms with Crippen LogP contribution in [-0.2, 0) is 4.79 Å². The van der Waals surface area contributed by atoms with Gasteiger partial charge in [0.25, 0.3) is 5.91 Å². The van der Waals surface area contributed by atoms with Crippen LogP contribution < -0.4 is 10.8 Å². The monoisotopic (exact) mass is 376 g/mol. The number of rotatable bonds is 5. The SMILES string of the molecule is O=C(CC1(NC(=O)c2ccc(-c3ccc(Cl)cc3)o2)CCCCC1)NO. The van der Waals surface area contributed by atoms with Gasteiger partial charge in [0, 0.05) is 16.1 Å². The van der Waals surface area contributed by atoms with Crippen molar-refractivity contribution < 1.29 is 19.2 Å². The molecule has 1 aliphatic rings. The summed E-state index contributed by atoms with van der Waals surface area (Å²) >= 11 is 5.89. The Balaban J connectivity index is 1.75. The molecular formula is C19H21ClN2O4. The molecule has 2 amide bonds. The zero-order valence-corrected chi connectivity index (χ0v) is 15.0. The van der Waals surface area contributed by atoms with Crippen LogP contribution >= 0.6 is 11.6 Å². The van der Waals surface area contributed by atoms with Gasteiger partial charge in [-0.2, -0.15) is 0 Å². The predicted octanol–water partition coefficient (Wildman–Crippen LogP) is 3.93. The molecule has 0 radical (unpaired) electrons. The van der Waals surface area contributed by atoms with E-state index in [1.165, 1.54) is 0 Å². The summed E-state index contributed by atoms with van der Waals surface area (Å²) in [6.07, 6.45) is 4.34. The lowest BCUT2D eigenvalue weighted by Gasteiger charge is -2.37. The van der Waals surface area contributed by atoms with Gasteiger partial charge in [-0.1, -0.05) is 30.9 Å². The van der Waals surface area contributed by atoms with E-state index in [0.717, 1.165) is 24.8 Å². The van der Waals surface area contributed by atoms with Gasteiger partial charge in [0.15, 0.2) is 5.76 Å². The summed E-state index contributed by atoms with van der Waals surface area (Å²) in [4.78, 5) is 24.3. The molecule has 0 saturated heterocycles. The van der Waals surface area contributed by atoms with Crippen molar-refractivity contribution in [2.75, 3.05) is 0 Å². The lowest BCUT2D eigenvalue weighted by molar-refractivity contribution is -0.131. The molecule has 2 aromatic rings. The van der Waals surface area contributed by atoms with Crippen LogP contribution in [0.15, 0.2) is 40.8 Å². The molecule has 0 aliphatic heterocycles. The maximum Gasteiger partial charge on any atom is 0.287 e. The number of amides is 2. The lowest BCUT2D eigenvalue weighted by Crippen LogP contribution is -2.52. The molecule has 6 nitrogen and oxygen atoms in total. The molecule has 0 unspecified atom stereocenters. The number of carbonyl (C=O) groups excluding carboxylic acids is 2. The largest absolute Gasteiger partial charge is 0.451 e. The van der Waals surface area contributed by atoms with Crippen LogP contribution in [0.5, 0.6) is 0 Å². The summed E-state index contributed by atoms with van der Waals surface area (Å²) < 4.78 is 5.68. The highest BCUT2D eigenvalue weighted by atomic mass is 35.5. The van der Waals surface area contributed by atoms with Gasteiger partial charge in [-0.25, -0.2) is 5.48 Å². The van der Waals surface area contributed by atoms with Crippen molar-refractivity contribution in [2.24, 2.45) is 0 Å². The summed E-state index contributed by atoms with van der Waals surface area (Å²) in [5, 5.41) is 12.4. The molecule has 0 atom stereocenters. The molecule has 1 saturated carbocycles. The highest BCUT2D eigenvalue weighted by Crippen LogP contribution is 2.32. The zero-order chi connectivity index (χ0) is 18.6. The molecule has 1 aromatic heterocycles. The first kappa shape index (κ1) is 18.5. The van der Waals surface area contributed by atoms with Crippen LogP contribution in [0.25, 0.3) is 11.3 Å². The maximum absolute atomic E-state index is 12.7. The third kappa shape index (κ3) is 4.26. The molecule has 1 aromatic carbocycles. The van der Waals surface area contributed by atoms with E-state index in [-0.39, 0.29) is 18.1 Å². The van der Waals surface area contributed by atoms with E-state index in [2.05, 4.69) is 5.32 Å². The topological polar surface area (TPSA) is 91.6 Å². The van der Waals surface area contributed by atoms with E-state index in [4.69, 9.17) is 21.2 Å². The van der Waals surface area contributed by atoms with E-state index in [9.17, 15) is 9.59 Å². The Kier molecular flexibility index (Phi) is 5.64. The number of nitrogens with one attached hydrogen (secondary N) is 2. The number of furan rings is 1. The molecule has 1 fully saturated rings. The van der Waals surface area contributed by atoms with Crippen molar-refractivity contribution in [3.8, 4) is 11.3 Å². The predicted molar refractivity (Wildman–Crippen MR) is 97.0 cm³/mol. The third-order valence-electron chi connectivity index (χ3n) is 4.77. The first-order valence-electron chi connectivity index (χ1n) is 8.63. The quantitative estimate of drug-likeness (QED) is 0.544. The summed E-state index contributed by atoms with van der Waals surface area (Å²) in [5.41, 5.74) is 1.82. The second kappa shape index (κ2) is 7.93. The molecular weight excluding hydrogens is 356 g/mol. The minimum Gasteiger partial charge on any atom is -0.451 e. The van der Waals surface area contributed by atoms with E-state index >= 15 is 0 Å². The Hall–Kier alpha value is -2.31. The number of hydroxylamine groups is 1. The van der Waals surface area contributed by atoms with Gasteiger partial charge in [0.05, 0.1) is 6.42 Å². The highest BCUT2D eigenvalue weighted by Gasteiger charge is 2.36. The summed E-state index contributed by atoms with van der Waals surface area (Å²) in [7, 11) is 0. The molecule has 1 heterocycles. The standard InChI is InChI=1S/C19H21ClN2O4/c20-14-6-4-13(5-7-14)15-8-9-16(26-15)18(24)21-19(12-17(23)22-25)10-2-1-3-11-19/h4-9,25H,1-3,10-12H2,(H,21,24)(H,22,23). The minimum atomic E-state index is -0.657. The summed E-state index contributed by atoms with van der Waals surface area (Å²) in [6, 6.07) is 10.5. The first-order valence-corrected chi connectivity index (χ1v) is 9.00. The number of hydrogen-bond donors (Lipinski definition) is 3. The molecule has 3 N–H and O–H groups in total. The van der Waals surface area contributed by atoms with Crippen molar-refractivity contribution in [3.05, 3.63) is 47.2 Å². The lowest BCUT2D eigenvalue weighted by atomic mass is 9.79. The van der Waals surface area contributed by atoms with Crippen LogP contribution in [0, 0.1) is 0 Å². The van der Waals surface area contributed by atoms with Gasteiger partial charge in [-0.15, -0.1) is 0 Å². The molecule has 3 rings (SSSR count). The zero-order valence-electron chi connectivity index (χ0n) is 14.3. The van der Waals surface area contributed by atoms with Gasteiger partial charge in [-0.05, 0) is 49.2 Å². The average Bonchev–Trinajstić information content (AvgIpc) is 3.13. The van der Waals surface area contributed by atoms with Crippen LogP contribution in [0.2, 0.25) is 5.02 Å². The van der Waals surface area contributed by atoms with Gasteiger partial charge in [0.2, 0.25) is 5.91 Å². The van der Waals surface area contributed by atoms with E-state index in [0.29, 0.717) is 23.6 Å². The average molecular weight is 377 g/mol. The van der Waals surface area contributed by atoms with Gasteiger partial charge < -0.3 is 9.73 Å². The van der Waals surface area contributed by atoms with E-state index < -0.39 is 11.4 Å². The maximum atomic E-state index is 12.7. The van der Waals surface area contributed by atoms with Crippen molar-refractivity contribution in [1.82, 2.24) is 10.8 Å². The van der Waals surface area contributed by atoms with Crippen LogP contribution in [0.1, 0.15) is 49.1 Å². The van der Waals surface area contributed by atoms with Gasteiger partial charge in [0.1, 0.15) is 5.76 Å². The van der Waals surface area contributed by atoms with Crippen molar-refractivity contribution in [2.45, 2.75) is 44.1 Å². The van der Waals surface area contributed by atoms with Crippen molar-refractivity contribution >= 4 is 23.4 Å². The molecule has 138 valence electrons. The second-order valence-electron chi connectivity index (χ2n) is 6.68. The molecule has 0 bridgehead atoms. The summed E-state index contributed by atoms with van der Waals surface area (Å²) in [6.45, 7) is 0. The second-order valence-corrected chi connectivity index (χ2v) is 7.11. The smallest absolute Gasteiger partial charge is 0.287 e. The Morgan fingerprint density at radius 2 is 1.77 bits per heavy atom. The summed E-state index contributed by atoms with van der Waals surface area (Å²) in [5.74, 6) is -0.117. The number of carbonyl (C=O) groups is 2. The van der Waals surface area contributed by atoms with Crippen molar-refractivity contribution in [1.29, 1.82) is 0 Å². The minimum absolute atomic E-state index is 0.0417. The van der Waals surface area contributed by atoms with Gasteiger partial charge >= 0.3 is 0 Å². The molecule has 7 heteroatoms. The van der Waals surface area contributed by atoms with Crippen LogP contribution in [0.4, 0.5) is 0 Å². The Morgan fingerprint density at radius 1 is 1.08 bits per heavy atom. The van der Waals surface area contributed by atoms with Crippen molar-refractivity contribution in [3.63, 3.8) is 0 Å². The Bertz CT molecular complexity index is 779. The number of hydrogen-bond acceptors (Lipinski definition) is 4. The first-order chi connectivity index (χ1) is 12.5. The van der Waals surface area contributed by atoms with Crippen LogP contribution in [-0.4, -0.2) is 22.6 Å². The van der Waals surface area contributed by atoms with E-state index in [1.807, 2.05) is 12.1 Å². The Morgan fingerprint density at radius 3 is 2.42 bits per heavy atom.